The number of amides is 2. The number of carboxylic acids is 1. The van der Waals surface area contributed by atoms with Gasteiger partial charge in [-0.05, 0) is 101 Å². The number of ether oxygens (including phenoxy) is 2. The molecule has 6 rings (SSSR count). The molecule has 5 aliphatic rings. The molecule has 0 radical (unpaired) electrons. The first-order valence-electron chi connectivity index (χ1n) is 14.8. The van der Waals surface area contributed by atoms with Gasteiger partial charge in [-0.15, -0.1) is 0 Å². The maximum absolute atomic E-state index is 13.7. The molecule has 9 nitrogen and oxygen atoms in total. The molecule has 1 aromatic carbocycles. The molecule has 3 N–H and O–H groups in total. The summed E-state index contributed by atoms with van der Waals surface area (Å²) in [5.74, 6) is 0.450. The minimum absolute atomic E-state index is 0.00289. The molecule has 0 spiro atoms. The number of aliphatic carboxylic acids is 1. The van der Waals surface area contributed by atoms with Crippen LogP contribution in [0.4, 0.5) is 0 Å². The molecule has 0 aromatic heterocycles. The number of nitrogens with one attached hydrogen (secondary N) is 2. The number of carboxylic acid groups (broad SMARTS) is 1. The average molecular weight is 550 g/mol. The van der Waals surface area contributed by atoms with Crippen molar-refractivity contribution in [3.8, 4) is 17.6 Å². The Hall–Kier alpha value is -3.28. The van der Waals surface area contributed by atoms with Crippen LogP contribution < -0.4 is 20.1 Å². The van der Waals surface area contributed by atoms with Crippen molar-refractivity contribution < 1.29 is 29.0 Å². The quantitative estimate of drug-likeness (QED) is 0.420. The van der Waals surface area contributed by atoms with Crippen LogP contribution in [0, 0.1) is 40.4 Å². The summed E-state index contributed by atoms with van der Waals surface area (Å²) in [6.45, 7) is 1.75. The molecule has 1 aromatic rings. The van der Waals surface area contributed by atoms with Gasteiger partial charge in [0, 0.05) is 17.6 Å². The molecule has 0 saturated heterocycles. The Labute approximate surface area is 235 Å². The minimum Gasteiger partial charge on any atom is -0.496 e. The Kier molecular flexibility index (Phi) is 6.71. The van der Waals surface area contributed by atoms with E-state index in [4.69, 9.17) is 9.47 Å². The third kappa shape index (κ3) is 4.80. The van der Waals surface area contributed by atoms with Crippen LogP contribution in [0.15, 0.2) is 12.1 Å². The summed E-state index contributed by atoms with van der Waals surface area (Å²) < 4.78 is 11.7. The maximum Gasteiger partial charge on any atom is 0.309 e. The molecule has 40 heavy (non-hydrogen) atoms. The van der Waals surface area contributed by atoms with E-state index in [1.807, 2.05) is 0 Å². The summed E-state index contributed by atoms with van der Waals surface area (Å²) in [5.41, 5.74) is -0.255. The SMILES string of the molecule is COc1cc(C#N)c(O[C@H]2CC[C@@](C)(C(=O)O)CC2)cc1C(=O)N[C@@H]1[C@H]2CC[C@H](C2)[C@@H]1C(=O)NC1(C2CC2)CC1. The molecule has 5 fully saturated rings. The van der Waals surface area contributed by atoms with Crippen molar-refractivity contribution in [2.75, 3.05) is 7.11 Å². The van der Waals surface area contributed by atoms with Gasteiger partial charge in [0.2, 0.25) is 5.91 Å². The minimum atomic E-state index is -0.806. The molecule has 9 heteroatoms. The van der Waals surface area contributed by atoms with E-state index in [2.05, 4.69) is 16.7 Å². The number of nitrogens with zero attached hydrogens (tertiary/aromatic N) is 1. The Balaban J connectivity index is 1.19. The Morgan fingerprint density at radius 2 is 1.70 bits per heavy atom. The summed E-state index contributed by atoms with van der Waals surface area (Å²) in [6, 6.07) is 4.98. The van der Waals surface area contributed by atoms with Gasteiger partial charge < -0.3 is 25.2 Å². The molecule has 2 bridgehead atoms. The van der Waals surface area contributed by atoms with Gasteiger partial charge in [0.05, 0.1) is 35.7 Å². The topological polar surface area (TPSA) is 138 Å². The summed E-state index contributed by atoms with van der Waals surface area (Å²) in [6.07, 6.45) is 9.29. The highest BCUT2D eigenvalue weighted by atomic mass is 16.5. The molecule has 5 aliphatic carbocycles. The lowest BCUT2D eigenvalue weighted by Gasteiger charge is -2.34. The lowest BCUT2D eigenvalue weighted by molar-refractivity contribution is -0.150. The molecule has 2 amide bonds. The van der Waals surface area contributed by atoms with Crippen LogP contribution in [-0.2, 0) is 9.59 Å². The molecule has 214 valence electrons. The number of methoxy groups -OCH3 is 1. The highest BCUT2D eigenvalue weighted by Crippen LogP contribution is 2.55. The van der Waals surface area contributed by atoms with Crippen molar-refractivity contribution in [1.29, 1.82) is 5.26 Å². The van der Waals surface area contributed by atoms with E-state index >= 15 is 0 Å². The summed E-state index contributed by atoms with van der Waals surface area (Å²) in [4.78, 5) is 38.9. The number of rotatable bonds is 9. The monoisotopic (exact) mass is 549 g/mol. The number of nitriles is 1. The normalized spacial score (nSPS) is 33.5. The Morgan fingerprint density at radius 1 is 1.00 bits per heavy atom. The van der Waals surface area contributed by atoms with E-state index in [0.29, 0.717) is 37.4 Å². The van der Waals surface area contributed by atoms with Gasteiger partial charge in [-0.25, -0.2) is 0 Å². The summed E-state index contributed by atoms with van der Waals surface area (Å²) >= 11 is 0. The molecular weight excluding hydrogens is 510 g/mol. The lowest BCUT2D eigenvalue weighted by Crippen LogP contribution is -2.52. The highest BCUT2D eigenvalue weighted by Gasteiger charge is 2.58. The first kappa shape index (κ1) is 26.9. The molecule has 5 saturated carbocycles. The molecule has 4 atom stereocenters. The second-order valence-electron chi connectivity index (χ2n) is 13.1. The second-order valence-corrected chi connectivity index (χ2v) is 13.1. The fourth-order valence-corrected chi connectivity index (χ4v) is 7.67. The number of fused-ring (bicyclic) bond motifs is 2. The van der Waals surface area contributed by atoms with Crippen molar-refractivity contribution in [1.82, 2.24) is 10.6 Å². The molecule has 0 heterocycles. The van der Waals surface area contributed by atoms with Crippen LogP contribution in [0.25, 0.3) is 0 Å². The molecular formula is C31H39N3O6. The van der Waals surface area contributed by atoms with Crippen LogP contribution in [0.2, 0.25) is 0 Å². The van der Waals surface area contributed by atoms with Gasteiger partial charge in [0.15, 0.2) is 0 Å². The van der Waals surface area contributed by atoms with Crippen molar-refractivity contribution in [2.24, 2.45) is 29.1 Å². The van der Waals surface area contributed by atoms with Crippen molar-refractivity contribution in [2.45, 2.75) is 95.2 Å². The predicted octanol–water partition coefficient (Wildman–Crippen LogP) is 4.18. The zero-order chi connectivity index (χ0) is 28.2. The number of carbonyl (C=O) groups excluding carboxylic acids is 2. The highest BCUT2D eigenvalue weighted by molar-refractivity contribution is 5.98. The average Bonchev–Trinajstić information content (AvgIpc) is 3.86. The number of carbonyl (C=O) groups is 3. The number of hydrogen-bond acceptors (Lipinski definition) is 6. The first-order valence-corrected chi connectivity index (χ1v) is 14.8. The zero-order valence-corrected chi connectivity index (χ0v) is 23.3. The van der Waals surface area contributed by atoms with Gasteiger partial charge in [-0.3, -0.25) is 14.4 Å². The standard InChI is InChI=1S/C31H39N3O6/c1-30(29(37)38)9-7-21(8-10-30)40-23-15-22(24(39-2)14-19(23)16-32)27(35)33-26-18-4-3-17(13-18)25(26)28(36)34-31(11-12-31)20-5-6-20/h14-15,17-18,20-21,25-26H,3-13H2,1-2H3,(H,33,35)(H,34,36)(H,37,38)/t17-,18+,21-,25+,26-,30+/m1/s1. The van der Waals surface area contributed by atoms with Crippen molar-refractivity contribution in [3.05, 3.63) is 23.3 Å². The fourth-order valence-electron chi connectivity index (χ4n) is 7.67. The van der Waals surface area contributed by atoms with E-state index in [0.717, 1.165) is 32.1 Å². The van der Waals surface area contributed by atoms with E-state index < -0.39 is 11.4 Å². The van der Waals surface area contributed by atoms with Gasteiger partial charge in [0.25, 0.3) is 5.91 Å². The first-order chi connectivity index (χ1) is 19.2. The van der Waals surface area contributed by atoms with Gasteiger partial charge in [-0.1, -0.05) is 0 Å². The van der Waals surface area contributed by atoms with Crippen LogP contribution in [0.1, 0.15) is 93.5 Å². The molecule has 0 unspecified atom stereocenters. The second kappa shape index (κ2) is 9.97. The van der Waals surface area contributed by atoms with Crippen LogP contribution in [0.3, 0.4) is 0 Å². The van der Waals surface area contributed by atoms with Crippen LogP contribution in [-0.4, -0.2) is 47.7 Å². The summed E-state index contributed by atoms with van der Waals surface area (Å²) in [7, 11) is 1.46. The van der Waals surface area contributed by atoms with Crippen LogP contribution in [0.5, 0.6) is 11.5 Å². The van der Waals surface area contributed by atoms with Gasteiger partial charge in [0.1, 0.15) is 17.6 Å². The number of hydrogen-bond donors (Lipinski definition) is 3. The van der Waals surface area contributed by atoms with Crippen molar-refractivity contribution in [3.63, 3.8) is 0 Å². The Morgan fingerprint density at radius 3 is 2.30 bits per heavy atom. The largest absolute Gasteiger partial charge is 0.496 e. The zero-order valence-electron chi connectivity index (χ0n) is 23.3. The van der Waals surface area contributed by atoms with E-state index in [1.165, 1.54) is 26.0 Å². The molecule has 0 aliphatic heterocycles. The predicted molar refractivity (Wildman–Crippen MR) is 145 cm³/mol. The van der Waals surface area contributed by atoms with Gasteiger partial charge in [-0.2, -0.15) is 5.26 Å². The maximum atomic E-state index is 13.7. The lowest BCUT2D eigenvalue weighted by atomic mass is 9.75. The van der Waals surface area contributed by atoms with E-state index in [9.17, 15) is 24.8 Å². The van der Waals surface area contributed by atoms with E-state index in [1.54, 1.807) is 13.0 Å². The van der Waals surface area contributed by atoms with Gasteiger partial charge >= 0.3 is 5.97 Å². The third-order valence-corrected chi connectivity index (χ3v) is 10.5. The van der Waals surface area contributed by atoms with Crippen molar-refractivity contribution >= 4 is 17.8 Å². The van der Waals surface area contributed by atoms with E-state index in [-0.39, 0.29) is 64.1 Å². The smallest absolute Gasteiger partial charge is 0.309 e. The van der Waals surface area contributed by atoms with Crippen LogP contribution >= 0.6 is 0 Å². The fraction of sp³-hybridized carbons (Fsp3) is 0.677. The number of benzene rings is 1. The third-order valence-electron chi connectivity index (χ3n) is 10.5. The summed E-state index contributed by atoms with van der Waals surface area (Å²) in [5, 5.41) is 25.9. The Bertz CT molecular complexity index is 1250.